The van der Waals surface area contributed by atoms with Crippen molar-refractivity contribution in [1.82, 2.24) is 5.32 Å². The summed E-state index contributed by atoms with van der Waals surface area (Å²) >= 11 is 5.89. The summed E-state index contributed by atoms with van der Waals surface area (Å²) in [6.45, 7) is 1.07. The van der Waals surface area contributed by atoms with Crippen LogP contribution in [0.4, 0.5) is 5.69 Å². The van der Waals surface area contributed by atoms with Crippen LogP contribution in [0.1, 0.15) is 42.5 Å². The number of carbonyl (C=O) groups is 1. The summed E-state index contributed by atoms with van der Waals surface area (Å²) in [6, 6.07) is 4.88. The number of nitrogens with two attached hydrogens (primary N) is 1. The van der Waals surface area contributed by atoms with Gasteiger partial charge in [0.15, 0.2) is 0 Å². The average molecular weight is 297 g/mol. The molecule has 0 saturated heterocycles. The smallest absolute Gasteiger partial charge is 0.251 e. The molecule has 1 aliphatic carbocycles. The minimum absolute atomic E-state index is 0.154. The molecule has 1 aliphatic rings. The predicted molar refractivity (Wildman–Crippen MR) is 81.0 cm³/mol. The van der Waals surface area contributed by atoms with Crippen molar-refractivity contribution in [3.05, 3.63) is 28.8 Å². The quantitative estimate of drug-likeness (QED) is 0.648. The second-order valence-corrected chi connectivity index (χ2v) is 5.53. The molecule has 0 aliphatic heterocycles. The van der Waals surface area contributed by atoms with Crippen molar-refractivity contribution in [1.29, 1.82) is 0 Å². The van der Waals surface area contributed by atoms with Crippen LogP contribution in [-0.2, 0) is 4.74 Å². The Morgan fingerprint density at radius 1 is 1.35 bits per heavy atom. The zero-order chi connectivity index (χ0) is 14.4. The van der Waals surface area contributed by atoms with Crippen molar-refractivity contribution >= 4 is 23.2 Å². The zero-order valence-electron chi connectivity index (χ0n) is 11.5. The van der Waals surface area contributed by atoms with E-state index in [-0.39, 0.29) is 5.91 Å². The molecule has 1 aromatic rings. The predicted octanol–water partition coefficient (Wildman–Crippen LogP) is 3.00. The first-order valence-corrected chi connectivity index (χ1v) is 7.49. The fourth-order valence-corrected chi connectivity index (χ4v) is 2.57. The number of anilines is 1. The number of hydrogen-bond acceptors (Lipinski definition) is 3. The number of halogens is 1. The van der Waals surface area contributed by atoms with Gasteiger partial charge in [0, 0.05) is 12.1 Å². The second-order valence-electron chi connectivity index (χ2n) is 5.12. The molecular weight excluding hydrogens is 276 g/mol. The van der Waals surface area contributed by atoms with E-state index in [2.05, 4.69) is 5.32 Å². The number of benzene rings is 1. The summed E-state index contributed by atoms with van der Waals surface area (Å²) < 4.78 is 5.75. The van der Waals surface area contributed by atoms with E-state index < -0.39 is 0 Å². The maximum Gasteiger partial charge on any atom is 0.251 e. The summed E-state index contributed by atoms with van der Waals surface area (Å²) in [6.07, 6.45) is 6.46. The number of ether oxygens (including phenoxy) is 1. The summed E-state index contributed by atoms with van der Waals surface area (Å²) in [5.74, 6) is -0.154. The number of hydrogen-bond donors (Lipinski definition) is 2. The third kappa shape index (κ3) is 4.39. The molecule has 1 saturated carbocycles. The van der Waals surface area contributed by atoms with E-state index >= 15 is 0 Å². The van der Waals surface area contributed by atoms with Crippen molar-refractivity contribution in [3.8, 4) is 0 Å². The molecule has 0 bridgehead atoms. The topological polar surface area (TPSA) is 64.4 Å². The summed E-state index contributed by atoms with van der Waals surface area (Å²) in [4.78, 5) is 11.9. The van der Waals surface area contributed by atoms with E-state index in [1.165, 1.54) is 19.3 Å². The van der Waals surface area contributed by atoms with Crippen LogP contribution >= 0.6 is 11.6 Å². The van der Waals surface area contributed by atoms with E-state index in [9.17, 15) is 4.79 Å². The molecule has 3 N–H and O–H groups in total. The van der Waals surface area contributed by atoms with Gasteiger partial charge in [-0.3, -0.25) is 4.79 Å². The third-order valence-electron chi connectivity index (χ3n) is 3.56. The number of rotatable bonds is 5. The van der Waals surface area contributed by atoms with Gasteiger partial charge in [0.25, 0.3) is 5.91 Å². The Kier molecular flexibility index (Phi) is 5.68. The molecule has 0 aromatic heterocycles. The molecule has 20 heavy (non-hydrogen) atoms. The first kappa shape index (κ1) is 15.1. The van der Waals surface area contributed by atoms with Crippen LogP contribution in [0.25, 0.3) is 0 Å². The first-order chi connectivity index (χ1) is 9.66. The fraction of sp³-hybridized carbons (Fsp3) is 0.533. The fourth-order valence-electron chi connectivity index (χ4n) is 2.39. The van der Waals surface area contributed by atoms with Gasteiger partial charge in [-0.2, -0.15) is 0 Å². The Bertz CT molecular complexity index is 459. The van der Waals surface area contributed by atoms with E-state index in [0.717, 1.165) is 12.8 Å². The number of amides is 1. The van der Waals surface area contributed by atoms with Crippen LogP contribution in [0.3, 0.4) is 0 Å². The lowest BCUT2D eigenvalue weighted by Gasteiger charge is -2.22. The maximum absolute atomic E-state index is 11.9. The molecule has 0 unspecified atom stereocenters. The SMILES string of the molecule is Nc1ccc(C(=O)NCCOC2CCCCC2)cc1Cl. The molecule has 1 fully saturated rings. The van der Waals surface area contributed by atoms with Gasteiger partial charge in [0.05, 0.1) is 23.4 Å². The molecule has 110 valence electrons. The Morgan fingerprint density at radius 2 is 2.10 bits per heavy atom. The molecule has 5 heteroatoms. The van der Waals surface area contributed by atoms with Crippen molar-refractivity contribution in [2.24, 2.45) is 0 Å². The van der Waals surface area contributed by atoms with Crippen molar-refractivity contribution in [3.63, 3.8) is 0 Å². The minimum Gasteiger partial charge on any atom is -0.398 e. The molecule has 0 atom stereocenters. The molecule has 1 aromatic carbocycles. The highest BCUT2D eigenvalue weighted by atomic mass is 35.5. The Hall–Kier alpha value is -1.26. The van der Waals surface area contributed by atoms with Crippen molar-refractivity contribution in [2.75, 3.05) is 18.9 Å². The Labute approximate surface area is 124 Å². The molecule has 0 radical (unpaired) electrons. The van der Waals surface area contributed by atoms with Gasteiger partial charge >= 0.3 is 0 Å². The molecule has 0 spiro atoms. The van der Waals surface area contributed by atoms with Crippen LogP contribution in [0.5, 0.6) is 0 Å². The van der Waals surface area contributed by atoms with E-state index in [0.29, 0.717) is 35.5 Å². The van der Waals surface area contributed by atoms with Crippen LogP contribution in [0.2, 0.25) is 5.02 Å². The Morgan fingerprint density at radius 3 is 2.80 bits per heavy atom. The van der Waals surface area contributed by atoms with Crippen molar-refractivity contribution in [2.45, 2.75) is 38.2 Å². The van der Waals surface area contributed by atoms with Crippen LogP contribution in [-0.4, -0.2) is 25.2 Å². The lowest BCUT2D eigenvalue weighted by Crippen LogP contribution is -2.29. The molecule has 2 rings (SSSR count). The highest BCUT2D eigenvalue weighted by Gasteiger charge is 2.13. The van der Waals surface area contributed by atoms with Gasteiger partial charge in [0.1, 0.15) is 0 Å². The summed E-state index contributed by atoms with van der Waals surface area (Å²) in [7, 11) is 0. The summed E-state index contributed by atoms with van der Waals surface area (Å²) in [5, 5.41) is 3.22. The average Bonchev–Trinajstić information content (AvgIpc) is 2.47. The largest absolute Gasteiger partial charge is 0.398 e. The van der Waals surface area contributed by atoms with Crippen LogP contribution in [0.15, 0.2) is 18.2 Å². The number of nitrogens with one attached hydrogen (secondary N) is 1. The molecule has 0 heterocycles. The van der Waals surface area contributed by atoms with Crippen molar-refractivity contribution < 1.29 is 9.53 Å². The molecule has 4 nitrogen and oxygen atoms in total. The van der Waals surface area contributed by atoms with Crippen LogP contribution < -0.4 is 11.1 Å². The normalized spacial score (nSPS) is 16.1. The van der Waals surface area contributed by atoms with Crippen LogP contribution in [0, 0.1) is 0 Å². The second kappa shape index (κ2) is 7.50. The van der Waals surface area contributed by atoms with Gasteiger partial charge in [-0.25, -0.2) is 0 Å². The third-order valence-corrected chi connectivity index (χ3v) is 3.88. The van der Waals surface area contributed by atoms with Gasteiger partial charge < -0.3 is 15.8 Å². The molecule has 1 amide bonds. The van der Waals surface area contributed by atoms with E-state index in [1.807, 2.05) is 0 Å². The van der Waals surface area contributed by atoms with Gasteiger partial charge in [-0.05, 0) is 31.0 Å². The highest BCUT2D eigenvalue weighted by Crippen LogP contribution is 2.20. The number of nitrogen functional groups attached to an aromatic ring is 1. The lowest BCUT2D eigenvalue weighted by molar-refractivity contribution is 0.0299. The van der Waals surface area contributed by atoms with E-state index in [1.54, 1.807) is 18.2 Å². The monoisotopic (exact) mass is 296 g/mol. The lowest BCUT2D eigenvalue weighted by atomic mass is 9.98. The highest BCUT2D eigenvalue weighted by molar-refractivity contribution is 6.33. The Balaban J connectivity index is 1.70. The first-order valence-electron chi connectivity index (χ1n) is 7.11. The number of carbonyl (C=O) groups excluding carboxylic acids is 1. The standard InChI is InChI=1S/C15H21ClN2O2/c16-13-10-11(6-7-14(13)17)15(19)18-8-9-20-12-4-2-1-3-5-12/h6-7,10,12H,1-5,8-9,17H2,(H,18,19). The van der Waals surface area contributed by atoms with Gasteiger partial charge in [0.2, 0.25) is 0 Å². The minimum atomic E-state index is -0.154. The summed E-state index contributed by atoms with van der Waals surface area (Å²) in [5.41, 5.74) is 6.60. The zero-order valence-corrected chi connectivity index (χ0v) is 12.3. The maximum atomic E-state index is 11.9. The van der Waals surface area contributed by atoms with Gasteiger partial charge in [-0.1, -0.05) is 30.9 Å². The van der Waals surface area contributed by atoms with Gasteiger partial charge in [-0.15, -0.1) is 0 Å². The van der Waals surface area contributed by atoms with E-state index in [4.69, 9.17) is 22.1 Å². The molecular formula is C15H21ClN2O2.